The minimum absolute atomic E-state index is 0.0172. The van der Waals surface area contributed by atoms with E-state index in [9.17, 15) is 14.9 Å². The molecule has 0 amide bonds. The second-order valence-corrected chi connectivity index (χ2v) is 3.84. The summed E-state index contributed by atoms with van der Waals surface area (Å²) in [5, 5.41) is 22.6. The van der Waals surface area contributed by atoms with Crippen LogP contribution in [0.1, 0.15) is 5.56 Å². The zero-order valence-electron chi connectivity index (χ0n) is 11.3. The van der Waals surface area contributed by atoms with Gasteiger partial charge in [-0.15, -0.1) is 0 Å². The number of carbonyl (C=O) groups excluding carboxylic acids is 1. The molecule has 0 heterocycles. The van der Waals surface area contributed by atoms with Gasteiger partial charge in [0.15, 0.2) is 0 Å². The summed E-state index contributed by atoms with van der Waals surface area (Å²) in [6.07, 6.45) is 2.61. The number of nitriles is 1. The molecule has 0 aliphatic carbocycles. The summed E-state index contributed by atoms with van der Waals surface area (Å²) < 4.78 is 4.75. The molecular formula is C14H13N3O4. The minimum atomic E-state index is -0.808. The monoisotopic (exact) mass is 287 g/mol. The third-order valence-corrected chi connectivity index (χ3v) is 2.47. The van der Waals surface area contributed by atoms with Gasteiger partial charge in [-0.05, 0) is 17.7 Å². The van der Waals surface area contributed by atoms with Crippen LogP contribution in [-0.4, -0.2) is 24.5 Å². The van der Waals surface area contributed by atoms with Crippen molar-refractivity contribution >= 4 is 23.4 Å². The van der Waals surface area contributed by atoms with Crippen molar-refractivity contribution in [2.45, 2.75) is 0 Å². The summed E-state index contributed by atoms with van der Waals surface area (Å²) in [6.45, 7) is 3.37. The lowest BCUT2D eigenvalue weighted by atomic mass is 10.1. The Hall–Kier alpha value is -3.14. The maximum absolute atomic E-state index is 11.6. The molecule has 0 bridgehead atoms. The van der Waals surface area contributed by atoms with Crippen molar-refractivity contribution in [3.63, 3.8) is 0 Å². The van der Waals surface area contributed by atoms with Gasteiger partial charge in [-0.25, -0.2) is 4.79 Å². The Kier molecular flexibility index (Phi) is 5.65. The number of nitro groups is 1. The third kappa shape index (κ3) is 4.18. The lowest BCUT2D eigenvalue weighted by Gasteiger charge is -2.03. The summed E-state index contributed by atoms with van der Waals surface area (Å²) in [5.74, 6) is -0.808. The van der Waals surface area contributed by atoms with Crippen molar-refractivity contribution in [3.05, 3.63) is 52.1 Å². The first-order valence-electron chi connectivity index (χ1n) is 5.89. The van der Waals surface area contributed by atoms with Crippen LogP contribution in [0.3, 0.4) is 0 Å². The predicted octanol–water partition coefficient (Wildman–Crippen LogP) is 2.27. The maximum Gasteiger partial charge on any atom is 0.349 e. The molecular weight excluding hydrogens is 274 g/mol. The van der Waals surface area contributed by atoms with Gasteiger partial charge in [0.25, 0.3) is 5.69 Å². The number of ether oxygens (including phenoxy) is 1. The molecule has 0 saturated carbocycles. The molecule has 1 aromatic rings. The molecule has 7 nitrogen and oxygen atoms in total. The average Bonchev–Trinajstić information content (AvgIpc) is 2.49. The highest BCUT2D eigenvalue weighted by atomic mass is 16.6. The van der Waals surface area contributed by atoms with E-state index in [1.165, 1.54) is 24.3 Å². The number of nitro benzene ring substituents is 1. The van der Waals surface area contributed by atoms with E-state index in [1.807, 2.05) is 0 Å². The van der Waals surface area contributed by atoms with Crippen LogP contribution in [0.2, 0.25) is 0 Å². The largest absolute Gasteiger partial charge is 0.457 e. The van der Waals surface area contributed by atoms with Gasteiger partial charge in [0.2, 0.25) is 0 Å². The Morgan fingerprint density at radius 2 is 2.33 bits per heavy atom. The number of rotatable bonds is 6. The van der Waals surface area contributed by atoms with E-state index >= 15 is 0 Å². The number of nitrogens with one attached hydrogen (secondary N) is 1. The van der Waals surface area contributed by atoms with E-state index in [0.717, 1.165) is 0 Å². The van der Waals surface area contributed by atoms with E-state index in [4.69, 9.17) is 10.00 Å². The SMILES string of the molecule is C=CCOC(=O)/C(C#N)=C/c1ccc(NC)c([N+](=O)[O-])c1. The molecule has 21 heavy (non-hydrogen) atoms. The second kappa shape index (κ2) is 7.45. The topological polar surface area (TPSA) is 105 Å². The Balaban J connectivity index is 3.15. The number of nitrogens with zero attached hydrogens (tertiary/aromatic N) is 2. The molecule has 108 valence electrons. The van der Waals surface area contributed by atoms with Crippen LogP contribution >= 0.6 is 0 Å². The first kappa shape index (κ1) is 15.9. The van der Waals surface area contributed by atoms with Crippen molar-refractivity contribution in [2.75, 3.05) is 19.0 Å². The van der Waals surface area contributed by atoms with Crippen molar-refractivity contribution in [2.24, 2.45) is 0 Å². The minimum Gasteiger partial charge on any atom is -0.457 e. The van der Waals surface area contributed by atoms with E-state index < -0.39 is 10.9 Å². The molecule has 7 heteroatoms. The molecule has 1 N–H and O–H groups in total. The number of carbonyl (C=O) groups is 1. The van der Waals surface area contributed by atoms with E-state index in [-0.39, 0.29) is 17.9 Å². The molecule has 0 aliphatic heterocycles. The van der Waals surface area contributed by atoms with Crippen LogP contribution in [0, 0.1) is 21.4 Å². The van der Waals surface area contributed by atoms with E-state index in [0.29, 0.717) is 11.3 Å². The molecule has 0 fully saturated rings. The molecule has 0 spiro atoms. The fourth-order valence-corrected chi connectivity index (χ4v) is 1.52. The van der Waals surface area contributed by atoms with Crippen molar-refractivity contribution < 1.29 is 14.5 Å². The van der Waals surface area contributed by atoms with Crippen LogP contribution in [0.15, 0.2) is 36.4 Å². The highest BCUT2D eigenvalue weighted by Gasteiger charge is 2.15. The van der Waals surface area contributed by atoms with Crippen molar-refractivity contribution in [1.29, 1.82) is 5.26 Å². The molecule has 1 rings (SSSR count). The summed E-state index contributed by atoms with van der Waals surface area (Å²) in [7, 11) is 1.56. The van der Waals surface area contributed by atoms with Crippen molar-refractivity contribution in [1.82, 2.24) is 0 Å². The van der Waals surface area contributed by atoms with Gasteiger partial charge < -0.3 is 10.1 Å². The van der Waals surface area contributed by atoms with Crippen LogP contribution in [0.5, 0.6) is 0 Å². The normalized spacial score (nSPS) is 10.4. The summed E-state index contributed by atoms with van der Waals surface area (Å²) >= 11 is 0. The molecule has 0 saturated heterocycles. The lowest BCUT2D eigenvalue weighted by Crippen LogP contribution is -2.06. The summed E-state index contributed by atoms with van der Waals surface area (Å²) in [5.41, 5.74) is 0.295. The predicted molar refractivity (Wildman–Crippen MR) is 77.4 cm³/mol. The molecule has 1 aromatic carbocycles. The van der Waals surface area contributed by atoms with Crippen LogP contribution in [0.4, 0.5) is 11.4 Å². The summed E-state index contributed by atoms with van der Waals surface area (Å²) in [4.78, 5) is 22.0. The van der Waals surface area contributed by atoms with Gasteiger partial charge in [0.05, 0.1) is 4.92 Å². The molecule has 0 radical (unpaired) electrons. The van der Waals surface area contributed by atoms with Gasteiger partial charge >= 0.3 is 5.97 Å². The highest BCUT2D eigenvalue weighted by molar-refractivity contribution is 5.98. The van der Waals surface area contributed by atoms with Gasteiger partial charge in [-0.3, -0.25) is 10.1 Å². The third-order valence-electron chi connectivity index (χ3n) is 2.47. The number of hydrogen-bond acceptors (Lipinski definition) is 6. The van der Waals surface area contributed by atoms with Gasteiger partial charge in [0, 0.05) is 13.1 Å². The number of anilines is 1. The first-order valence-corrected chi connectivity index (χ1v) is 5.89. The Morgan fingerprint density at radius 1 is 1.62 bits per heavy atom. The number of esters is 1. The lowest BCUT2D eigenvalue weighted by molar-refractivity contribution is -0.384. The first-order chi connectivity index (χ1) is 10.0. The Labute approximate surface area is 121 Å². The molecule has 0 unspecified atom stereocenters. The average molecular weight is 287 g/mol. The van der Waals surface area contributed by atoms with E-state index in [1.54, 1.807) is 19.2 Å². The fourth-order valence-electron chi connectivity index (χ4n) is 1.52. The van der Waals surface area contributed by atoms with Gasteiger partial charge in [-0.1, -0.05) is 18.7 Å². The molecule has 0 atom stereocenters. The van der Waals surface area contributed by atoms with Gasteiger partial charge in [-0.2, -0.15) is 5.26 Å². The Morgan fingerprint density at radius 3 is 2.86 bits per heavy atom. The number of hydrogen-bond donors (Lipinski definition) is 1. The maximum atomic E-state index is 11.6. The summed E-state index contributed by atoms with van der Waals surface area (Å²) in [6, 6.07) is 6.02. The van der Waals surface area contributed by atoms with Gasteiger partial charge in [0.1, 0.15) is 23.9 Å². The standard InChI is InChI=1S/C14H13N3O4/c1-3-6-21-14(18)11(9-15)7-10-4-5-12(16-2)13(8-10)17(19)20/h3-5,7-8,16H,1,6H2,2H3/b11-7+. The zero-order chi connectivity index (χ0) is 15.8. The Bertz CT molecular complexity index is 644. The molecule has 0 aromatic heterocycles. The van der Waals surface area contributed by atoms with Crippen LogP contribution < -0.4 is 5.32 Å². The van der Waals surface area contributed by atoms with Crippen LogP contribution in [-0.2, 0) is 9.53 Å². The van der Waals surface area contributed by atoms with Crippen molar-refractivity contribution in [3.8, 4) is 6.07 Å². The van der Waals surface area contributed by atoms with Crippen LogP contribution in [0.25, 0.3) is 6.08 Å². The fraction of sp³-hybridized carbons (Fsp3) is 0.143. The smallest absolute Gasteiger partial charge is 0.349 e. The highest BCUT2D eigenvalue weighted by Crippen LogP contribution is 2.26. The second-order valence-electron chi connectivity index (χ2n) is 3.84. The quantitative estimate of drug-likeness (QED) is 0.215. The van der Waals surface area contributed by atoms with E-state index in [2.05, 4.69) is 11.9 Å². The number of benzene rings is 1. The molecule has 0 aliphatic rings. The zero-order valence-corrected chi connectivity index (χ0v) is 11.3.